The smallest absolute Gasteiger partial charge is 0.158 e. The number of anilines is 1. The maximum Gasteiger partial charge on any atom is 0.158 e. The summed E-state index contributed by atoms with van der Waals surface area (Å²) < 4.78 is 10.0. The van der Waals surface area contributed by atoms with E-state index in [0.29, 0.717) is 43.1 Å². The van der Waals surface area contributed by atoms with E-state index in [9.17, 15) is 0 Å². The fourth-order valence-corrected chi connectivity index (χ4v) is 1.67. The van der Waals surface area contributed by atoms with E-state index < -0.39 is 0 Å². The molecule has 1 N–H and O–H groups in total. The number of rotatable bonds is 8. The van der Waals surface area contributed by atoms with Crippen molar-refractivity contribution in [3.63, 3.8) is 0 Å². The molecule has 0 unspecified atom stereocenters. The second-order valence-corrected chi connectivity index (χ2v) is 3.99. The third-order valence-electron chi connectivity index (χ3n) is 2.26. The fraction of sp³-hybridized carbons (Fsp3) is 0.636. The number of hydrogen-bond donors (Lipinski definition) is 1. The van der Waals surface area contributed by atoms with Crippen LogP contribution in [0, 0.1) is 0 Å². The zero-order valence-electron chi connectivity index (χ0n) is 10.6. The first kappa shape index (κ1) is 15.1. The van der Waals surface area contributed by atoms with Crippen LogP contribution < -0.4 is 4.90 Å². The molecule has 0 atom stereocenters. The van der Waals surface area contributed by atoms with Crippen molar-refractivity contribution < 1.29 is 14.6 Å². The van der Waals surface area contributed by atoms with Gasteiger partial charge in [-0.1, -0.05) is 11.6 Å². The van der Waals surface area contributed by atoms with Crippen molar-refractivity contribution in [3.05, 3.63) is 17.0 Å². The Morgan fingerprint density at radius 1 is 1.28 bits per heavy atom. The van der Waals surface area contributed by atoms with Crippen molar-refractivity contribution in [3.8, 4) is 0 Å². The Bertz CT molecular complexity index is 365. The van der Waals surface area contributed by atoms with E-state index in [-0.39, 0.29) is 6.61 Å². The van der Waals surface area contributed by atoms with E-state index in [1.165, 1.54) is 0 Å². The van der Waals surface area contributed by atoms with Crippen LogP contribution in [0.2, 0.25) is 5.15 Å². The van der Waals surface area contributed by atoms with E-state index in [1.54, 1.807) is 20.3 Å². The number of ether oxygens (including phenoxy) is 2. The number of halogens is 1. The van der Waals surface area contributed by atoms with Gasteiger partial charge in [-0.25, -0.2) is 9.97 Å². The number of aliphatic hydroxyl groups excluding tert-OH is 1. The number of aromatic nitrogens is 2. The van der Waals surface area contributed by atoms with Crippen LogP contribution in [0.25, 0.3) is 0 Å². The molecular formula is C11H18ClN3O3. The average molecular weight is 276 g/mol. The van der Waals surface area contributed by atoms with Crippen LogP contribution in [0.4, 0.5) is 5.82 Å². The monoisotopic (exact) mass is 275 g/mol. The van der Waals surface area contributed by atoms with E-state index in [1.807, 2.05) is 4.90 Å². The molecule has 1 rings (SSSR count). The van der Waals surface area contributed by atoms with Gasteiger partial charge in [0.2, 0.25) is 0 Å². The first-order valence-corrected chi connectivity index (χ1v) is 5.96. The highest BCUT2D eigenvalue weighted by molar-refractivity contribution is 6.29. The molecule has 0 aromatic carbocycles. The van der Waals surface area contributed by atoms with Gasteiger partial charge in [-0.2, -0.15) is 0 Å². The van der Waals surface area contributed by atoms with Gasteiger partial charge in [0.1, 0.15) is 17.6 Å². The molecule has 0 aliphatic heterocycles. The quantitative estimate of drug-likeness (QED) is 0.705. The van der Waals surface area contributed by atoms with Gasteiger partial charge >= 0.3 is 0 Å². The lowest BCUT2D eigenvalue weighted by atomic mass is 10.4. The lowest BCUT2D eigenvalue weighted by Gasteiger charge is -2.22. The van der Waals surface area contributed by atoms with Gasteiger partial charge in [0.15, 0.2) is 5.82 Å². The van der Waals surface area contributed by atoms with Crippen molar-refractivity contribution in [2.75, 3.05) is 45.4 Å². The zero-order valence-corrected chi connectivity index (χ0v) is 11.4. The second-order valence-electron chi connectivity index (χ2n) is 3.60. The van der Waals surface area contributed by atoms with Gasteiger partial charge < -0.3 is 19.5 Å². The molecule has 102 valence electrons. The highest BCUT2D eigenvalue weighted by atomic mass is 35.5. The molecule has 0 spiro atoms. The minimum Gasteiger partial charge on any atom is -0.395 e. The molecule has 18 heavy (non-hydrogen) atoms. The van der Waals surface area contributed by atoms with Crippen LogP contribution in [-0.2, 0) is 16.1 Å². The van der Waals surface area contributed by atoms with Crippen molar-refractivity contribution >= 4 is 17.4 Å². The average Bonchev–Trinajstić information content (AvgIpc) is 2.34. The second kappa shape index (κ2) is 8.20. The molecule has 0 aliphatic carbocycles. The fourth-order valence-electron chi connectivity index (χ4n) is 1.47. The summed E-state index contributed by atoms with van der Waals surface area (Å²) in [6.07, 6.45) is 0. The summed E-state index contributed by atoms with van der Waals surface area (Å²) in [4.78, 5) is 10.3. The van der Waals surface area contributed by atoms with Crippen LogP contribution in [0.1, 0.15) is 5.82 Å². The third kappa shape index (κ3) is 4.73. The van der Waals surface area contributed by atoms with Crippen LogP contribution in [0.5, 0.6) is 0 Å². The standard InChI is InChI=1S/C11H18ClN3O3/c1-17-6-4-15(3-5-16)11-7-9(12)13-10(14-11)8-18-2/h7,16H,3-6,8H2,1-2H3. The molecule has 1 aromatic rings. The predicted octanol–water partition coefficient (Wildman–Crippen LogP) is 0.722. The highest BCUT2D eigenvalue weighted by Crippen LogP contribution is 2.16. The summed E-state index contributed by atoms with van der Waals surface area (Å²) in [7, 11) is 3.20. The highest BCUT2D eigenvalue weighted by Gasteiger charge is 2.10. The molecule has 1 heterocycles. The molecule has 0 aliphatic rings. The molecule has 0 amide bonds. The Labute approximate surface area is 112 Å². The maximum absolute atomic E-state index is 9.06. The Morgan fingerprint density at radius 2 is 2.06 bits per heavy atom. The Balaban J connectivity index is 2.87. The van der Waals surface area contributed by atoms with Crippen molar-refractivity contribution in [2.45, 2.75) is 6.61 Å². The van der Waals surface area contributed by atoms with E-state index in [0.717, 1.165) is 0 Å². The number of nitrogens with zero attached hydrogens (tertiary/aromatic N) is 3. The van der Waals surface area contributed by atoms with E-state index in [2.05, 4.69) is 9.97 Å². The summed E-state index contributed by atoms with van der Waals surface area (Å²) in [5.41, 5.74) is 0. The Morgan fingerprint density at radius 3 is 2.67 bits per heavy atom. The molecule has 1 aromatic heterocycles. The molecular weight excluding hydrogens is 258 g/mol. The van der Waals surface area contributed by atoms with Crippen LogP contribution in [0.15, 0.2) is 6.07 Å². The van der Waals surface area contributed by atoms with Gasteiger partial charge in [0.25, 0.3) is 0 Å². The molecule has 0 fully saturated rings. The van der Waals surface area contributed by atoms with E-state index in [4.69, 9.17) is 26.2 Å². The van der Waals surface area contributed by atoms with E-state index >= 15 is 0 Å². The molecule has 0 bridgehead atoms. The van der Waals surface area contributed by atoms with Gasteiger partial charge in [-0.15, -0.1) is 0 Å². The molecule has 0 saturated carbocycles. The Kier molecular flexibility index (Phi) is 6.89. The SMILES string of the molecule is COCCN(CCO)c1cc(Cl)nc(COC)n1. The molecule has 7 heteroatoms. The first-order chi connectivity index (χ1) is 8.71. The normalized spacial score (nSPS) is 10.7. The van der Waals surface area contributed by atoms with Crippen LogP contribution in [0.3, 0.4) is 0 Å². The Hall–Kier alpha value is -0.950. The number of hydrogen-bond acceptors (Lipinski definition) is 6. The summed E-state index contributed by atoms with van der Waals surface area (Å²) in [6.45, 7) is 1.96. The van der Waals surface area contributed by atoms with Crippen molar-refractivity contribution in [2.24, 2.45) is 0 Å². The largest absolute Gasteiger partial charge is 0.395 e. The molecule has 6 nitrogen and oxygen atoms in total. The topological polar surface area (TPSA) is 67.7 Å². The summed E-state index contributed by atoms with van der Waals surface area (Å²) in [5, 5.41) is 9.41. The summed E-state index contributed by atoms with van der Waals surface area (Å²) in [6, 6.07) is 1.66. The molecule has 0 saturated heterocycles. The minimum absolute atomic E-state index is 0.0327. The molecule has 0 radical (unpaired) electrons. The lowest BCUT2D eigenvalue weighted by molar-refractivity contribution is 0.177. The van der Waals surface area contributed by atoms with Gasteiger partial charge in [-0.05, 0) is 0 Å². The number of methoxy groups -OCH3 is 2. The maximum atomic E-state index is 9.06. The van der Waals surface area contributed by atoms with Crippen molar-refractivity contribution in [1.29, 1.82) is 0 Å². The first-order valence-electron chi connectivity index (χ1n) is 5.58. The summed E-state index contributed by atoms with van der Waals surface area (Å²) in [5.74, 6) is 1.17. The lowest BCUT2D eigenvalue weighted by Crippen LogP contribution is -2.31. The van der Waals surface area contributed by atoms with Crippen LogP contribution in [-0.4, -0.2) is 55.6 Å². The number of aliphatic hydroxyl groups is 1. The third-order valence-corrected chi connectivity index (χ3v) is 2.45. The van der Waals surface area contributed by atoms with Crippen LogP contribution >= 0.6 is 11.6 Å². The predicted molar refractivity (Wildman–Crippen MR) is 68.9 cm³/mol. The van der Waals surface area contributed by atoms with Gasteiger partial charge in [0.05, 0.1) is 13.2 Å². The minimum atomic E-state index is 0.0327. The van der Waals surface area contributed by atoms with Crippen molar-refractivity contribution in [1.82, 2.24) is 9.97 Å². The van der Waals surface area contributed by atoms with Gasteiger partial charge in [-0.3, -0.25) is 0 Å². The zero-order chi connectivity index (χ0) is 13.4. The van der Waals surface area contributed by atoms with Gasteiger partial charge in [0, 0.05) is 33.4 Å². The summed E-state index contributed by atoms with van der Waals surface area (Å²) >= 11 is 5.94.